The zero-order valence-corrected chi connectivity index (χ0v) is 22.0. The predicted octanol–water partition coefficient (Wildman–Crippen LogP) is 3.54. The lowest BCUT2D eigenvalue weighted by Crippen LogP contribution is -2.56. The van der Waals surface area contributed by atoms with Crippen LogP contribution in [0.2, 0.25) is 0 Å². The molecule has 3 rings (SSSR count). The molecule has 0 radical (unpaired) electrons. The number of nitrogens with one attached hydrogen (secondary N) is 2. The molecule has 2 aromatic carbocycles. The molecular formula is C28H35N3O7. The van der Waals surface area contributed by atoms with Gasteiger partial charge in [0.15, 0.2) is 0 Å². The molecule has 0 aromatic heterocycles. The lowest BCUT2D eigenvalue weighted by molar-refractivity contribution is -0.155. The van der Waals surface area contributed by atoms with Crippen molar-refractivity contribution in [2.45, 2.75) is 64.5 Å². The second-order valence-electron chi connectivity index (χ2n) is 9.92. The number of amides is 3. The Morgan fingerprint density at radius 1 is 0.895 bits per heavy atom. The fourth-order valence-electron chi connectivity index (χ4n) is 3.91. The van der Waals surface area contributed by atoms with Gasteiger partial charge in [0.25, 0.3) is 0 Å². The van der Waals surface area contributed by atoms with Gasteiger partial charge in [-0.1, -0.05) is 60.7 Å². The Bertz CT molecular complexity index is 1090. The van der Waals surface area contributed by atoms with Crippen LogP contribution in [-0.2, 0) is 37.0 Å². The summed E-state index contributed by atoms with van der Waals surface area (Å²) in [4.78, 5) is 52.5. The molecule has 38 heavy (non-hydrogen) atoms. The number of alkyl carbamates (subject to hydrolysis) is 2. The van der Waals surface area contributed by atoms with Crippen LogP contribution >= 0.6 is 0 Å². The predicted molar refractivity (Wildman–Crippen MR) is 139 cm³/mol. The Hall–Kier alpha value is -4.08. The van der Waals surface area contributed by atoms with E-state index < -0.39 is 41.7 Å². The summed E-state index contributed by atoms with van der Waals surface area (Å²) < 4.78 is 16.0. The van der Waals surface area contributed by atoms with Gasteiger partial charge in [-0.05, 0) is 44.7 Å². The van der Waals surface area contributed by atoms with Crippen LogP contribution in [0.4, 0.5) is 9.59 Å². The molecule has 0 spiro atoms. The van der Waals surface area contributed by atoms with Crippen LogP contribution in [0, 0.1) is 0 Å². The molecule has 10 heteroatoms. The molecule has 1 aliphatic rings. The maximum atomic E-state index is 13.5. The Balaban J connectivity index is 1.63. The highest BCUT2D eigenvalue weighted by Crippen LogP contribution is 2.20. The molecule has 0 unspecified atom stereocenters. The molecule has 3 amide bonds. The van der Waals surface area contributed by atoms with Gasteiger partial charge in [-0.15, -0.1) is 0 Å². The summed E-state index contributed by atoms with van der Waals surface area (Å²) in [7, 11) is 0. The molecule has 1 aliphatic heterocycles. The SMILES string of the molecule is CC(C)(C)OC(=O)N[C@@H](CNC(=O)OCc1ccccc1)C(=O)N1CCC[C@H]1C(=O)OCc1ccccc1. The minimum atomic E-state index is -1.18. The highest BCUT2D eigenvalue weighted by Gasteiger charge is 2.39. The largest absolute Gasteiger partial charge is 0.459 e. The maximum absolute atomic E-state index is 13.5. The van der Waals surface area contributed by atoms with Gasteiger partial charge < -0.3 is 29.7 Å². The quantitative estimate of drug-likeness (QED) is 0.379. The van der Waals surface area contributed by atoms with Crippen molar-refractivity contribution in [3.63, 3.8) is 0 Å². The number of ether oxygens (including phenoxy) is 3. The third-order valence-corrected chi connectivity index (χ3v) is 5.68. The topological polar surface area (TPSA) is 123 Å². The lowest BCUT2D eigenvalue weighted by Gasteiger charge is -2.29. The number of esters is 1. The van der Waals surface area contributed by atoms with Crippen LogP contribution in [0.1, 0.15) is 44.7 Å². The summed E-state index contributed by atoms with van der Waals surface area (Å²) in [6.07, 6.45) is -0.538. The first-order valence-electron chi connectivity index (χ1n) is 12.6. The first-order chi connectivity index (χ1) is 18.1. The molecule has 0 bridgehead atoms. The molecular weight excluding hydrogens is 490 g/mol. The Morgan fingerprint density at radius 3 is 2.05 bits per heavy atom. The van der Waals surface area contributed by atoms with E-state index in [0.717, 1.165) is 11.1 Å². The Kier molecular flexibility index (Phi) is 10.1. The van der Waals surface area contributed by atoms with Crippen LogP contribution < -0.4 is 10.6 Å². The summed E-state index contributed by atoms with van der Waals surface area (Å²) in [5, 5.41) is 5.04. The van der Waals surface area contributed by atoms with Gasteiger partial charge in [0.2, 0.25) is 5.91 Å². The molecule has 10 nitrogen and oxygen atoms in total. The minimum Gasteiger partial charge on any atom is -0.459 e. The number of carbonyl (C=O) groups excluding carboxylic acids is 4. The van der Waals surface area contributed by atoms with Gasteiger partial charge >= 0.3 is 18.2 Å². The molecule has 1 fully saturated rings. The van der Waals surface area contributed by atoms with Gasteiger partial charge in [0, 0.05) is 6.54 Å². The van der Waals surface area contributed by atoms with Crippen molar-refractivity contribution in [1.82, 2.24) is 15.5 Å². The van der Waals surface area contributed by atoms with E-state index in [0.29, 0.717) is 19.4 Å². The number of nitrogens with zero attached hydrogens (tertiary/aromatic N) is 1. The standard InChI is InChI=1S/C28H35N3O7/c1-28(2,3)38-27(35)30-22(17-29-26(34)37-19-21-13-8-5-9-14-21)24(32)31-16-10-15-23(31)25(33)36-18-20-11-6-4-7-12-20/h4-9,11-14,22-23H,10,15-19H2,1-3H3,(H,29,34)(H,30,35)/t22-,23-/m0/s1. The van der Waals surface area contributed by atoms with Crippen molar-refractivity contribution in [2.75, 3.05) is 13.1 Å². The number of hydrogen-bond acceptors (Lipinski definition) is 7. The third kappa shape index (κ3) is 9.10. The van der Waals surface area contributed by atoms with E-state index in [2.05, 4.69) is 10.6 Å². The van der Waals surface area contributed by atoms with Gasteiger partial charge in [0.05, 0.1) is 6.54 Å². The van der Waals surface area contributed by atoms with Crippen LogP contribution in [0.25, 0.3) is 0 Å². The summed E-state index contributed by atoms with van der Waals surface area (Å²) in [5.41, 5.74) is 0.840. The molecule has 1 saturated heterocycles. The number of carbonyl (C=O) groups is 4. The minimum absolute atomic E-state index is 0.0479. The highest BCUT2D eigenvalue weighted by molar-refractivity contribution is 5.90. The molecule has 0 aliphatic carbocycles. The van der Waals surface area contributed by atoms with Crippen molar-refractivity contribution in [2.24, 2.45) is 0 Å². The number of likely N-dealkylation sites (tertiary alicyclic amines) is 1. The fraction of sp³-hybridized carbons (Fsp3) is 0.429. The van der Waals surface area contributed by atoms with Gasteiger partial charge in [0.1, 0.15) is 30.9 Å². The highest BCUT2D eigenvalue weighted by atomic mass is 16.6. The van der Waals surface area contributed by atoms with Crippen LogP contribution in [-0.4, -0.2) is 59.7 Å². The van der Waals surface area contributed by atoms with Crippen molar-refractivity contribution >= 4 is 24.1 Å². The zero-order valence-electron chi connectivity index (χ0n) is 22.0. The first-order valence-corrected chi connectivity index (χ1v) is 12.6. The number of hydrogen-bond donors (Lipinski definition) is 2. The zero-order chi connectivity index (χ0) is 27.5. The molecule has 1 heterocycles. The van der Waals surface area contributed by atoms with Crippen molar-refractivity contribution in [1.29, 1.82) is 0 Å². The first kappa shape index (κ1) is 28.5. The second-order valence-corrected chi connectivity index (χ2v) is 9.92. The Labute approximate surface area is 222 Å². The summed E-state index contributed by atoms with van der Waals surface area (Å²) in [6, 6.07) is 16.4. The van der Waals surface area contributed by atoms with Gasteiger partial charge in [-0.25, -0.2) is 14.4 Å². The average molecular weight is 526 g/mol. The van der Waals surface area contributed by atoms with Gasteiger partial charge in [-0.2, -0.15) is 0 Å². The Morgan fingerprint density at radius 2 is 1.47 bits per heavy atom. The lowest BCUT2D eigenvalue weighted by atomic mass is 10.2. The van der Waals surface area contributed by atoms with E-state index in [1.54, 1.807) is 20.8 Å². The molecule has 2 atom stereocenters. The normalized spacial score (nSPS) is 15.8. The number of rotatable bonds is 9. The fourth-order valence-corrected chi connectivity index (χ4v) is 3.91. The second kappa shape index (κ2) is 13.5. The van der Waals surface area contributed by atoms with E-state index >= 15 is 0 Å². The summed E-state index contributed by atoms with van der Waals surface area (Å²) in [6.45, 7) is 5.28. The smallest absolute Gasteiger partial charge is 0.408 e. The van der Waals surface area contributed by atoms with Crippen LogP contribution in [0.5, 0.6) is 0 Å². The average Bonchev–Trinajstić information content (AvgIpc) is 3.38. The maximum Gasteiger partial charge on any atom is 0.408 e. The van der Waals surface area contributed by atoms with E-state index in [-0.39, 0.29) is 19.8 Å². The van der Waals surface area contributed by atoms with Crippen LogP contribution in [0.3, 0.4) is 0 Å². The molecule has 0 saturated carbocycles. The van der Waals surface area contributed by atoms with Crippen molar-refractivity contribution in [3.8, 4) is 0 Å². The monoisotopic (exact) mass is 525 g/mol. The summed E-state index contributed by atoms with van der Waals surface area (Å²) >= 11 is 0. The molecule has 2 aromatic rings. The molecule has 204 valence electrons. The van der Waals surface area contributed by atoms with Crippen molar-refractivity contribution < 1.29 is 33.4 Å². The molecule has 2 N–H and O–H groups in total. The van der Waals surface area contributed by atoms with E-state index in [1.807, 2.05) is 60.7 Å². The summed E-state index contributed by atoms with van der Waals surface area (Å²) in [5.74, 6) is -1.05. The van der Waals surface area contributed by atoms with E-state index in [4.69, 9.17) is 14.2 Å². The van der Waals surface area contributed by atoms with Crippen molar-refractivity contribution in [3.05, 3.63) is 71.8 Å². The van der Waals surface area contributed by atoms with Gasteiger partial charge in [-0.3, -0.25) is 4.79 Å². The number of benzene rings is 2. The van der Waals surface area contributed by atoms with E-state index in [1.165, 1.54) is 4.90 Å². The van der Waals surface area contributed by atoms with Crippen LogP contribution in [0.15, 0.2) is 60.7 Å². The van der Waals surface area contributed by atoms with E-state index in [9.17, 15) is 19.2 Å². The third-order valence-electron chi connectivity index (χ3n) is 5.68.